The summed E-state index contributed by atoms with van der Waals surface area (Å²) in [5.41, 5.74) is 3.90. The van der Waals surface area contributed by atoms with Gasteiger partial charge in [0.05, 0.1) is 12.2 Å². The number of fused-ring (bicyclic) bond motifs is 1. The van der Waals surface area contributed by atoms with Gasteiger partial charge in [0.1, 0.15) is 10.4 Å². The van der Waals surface area contributed by atoms with Crippen molar-refractivity contribution in [1.82, 2.24) is 24.6 Å². The van der Waals surface area contributed by atoms with E-state index in [1.165, 1.54) is 12.3 Å². The number of aromatic nitrogens is 5. The molecule has 34 heavy (non-hydrogen) atoms. The van der Waals surface area contributed by atoms with E-state index in [9.17, 15) is 13.5 Å². The molecule has 0 saturated heterocycles. The van der Waals surface area contributed by atoms with Crippen LogP contribution in [0.5, 0.6) is 5.88 Å². The van der Waals surface area contributed by atoms with Gasteiger partial charge in [0.2, 0.25) is 5.88 Å². The standard InChI is InChI=1S/C24H20N6O3S/c1-34(32,33)20-13-17(14-27-24(20)31)22-28-23(26-15-18-9-5-6-11-25-18)21-19(10-12-30(21)29-22)16-7-3-2-4-8-16/h2-14H,15H2,1H3,(H,27,31)(H,26,28,29). The first-order chi connectivity index (χ1) is 16.4. The molecule has 0 amide bonds. The Morgan fingerprint density at radius 3 is 2.53 bits per heavy atom. The number of pyridine rings is 2. The van der Waals surface area contributed by atoms with Crippen LogP contribution in [0.4, 0.5) is 5.82 Å². The van der Waals surface area contributed by atoms with E-state index in [0.717, 1.165) is 28.6 Å². The lowest BCUT2D eigenvalue weighted by molar-refractivity contribution is 0.437. The highest BCUT2D eigenvalue weighted by Crippen LogP contribution is 2.32. The van der Waals surface area contributed by atoms with E-state index < -0.39 is 15.7 Å². The van der Waals surface area contributed by atoms with Crippen molar-refractivity contribution in [2.45, 2.75) is 11.4 Å². The highest BCUT2D eigenvalue weighted by Gasteiger charge is 2.19. The first kappa shape index (κ1) is 21.5. The van der Waals surface area contributed by atoms with Crippen molar-refractivity contribution in [1.29, 1.82) is 0 Å². The third kappa shape index (κ3) is 4.18. The van der Waals surface area contributed by atoms with Crippen molar-refractivity contribution in [3.05, 3.63) is 84.9 Å². The summed E-state index contributed by atoms with van der Waals surface area (Å²) in [5, 5.41) is 17.9. The van der Waals surface area contributed by atoms with Gasteiger partial charge < -0.3 is 10.4 Å². The molecule has 170 valence electrons. The zero-order valence-corrected chi connectivity index (χ0v) is 18.9. The first-order valence-corrected chi connectivity index (χ1v) is 12.3. The molecule has 2 N–H and O–H groups in total. The number of nitrogens with one attached hydrogen (secondary N) is 1. The van der Waals surface area contributed by atoms with E-state index in [2.05, 4.69) is 20.4 Å². The lowest BCUT2D eigenvalue weighted by Gasteiger charge is -2.12. The maximum absolute atomic E-state index is 12.1. The summed E-state index contributed by atoms with van der Waals surface area (Å²) in [7, 11) is -3.69. The van der Waals surface area contributed by atoms with Crippen LogP contribution in [0.1, 0.15) is 5.69 Å². The van der Waals surface area contributed by atoms with Gasteiger partial charge in [0.25, 0.3) is 0 Å². The second kappa shape index (κ2) is 8.56. The van der Waals surface area contributed by atoms with Crippen molar-refractivity contribution < 1.29 is 13.5 Å². The fourth-order valence-electron chi connectivity index (χ4n) is 3.63. The van der Waals surface area contributed by atoms with Crippen LogP contribution in [0.2, 0.25) is 0 Å². The van der Waals surface area contributed by atoms with Gasteiger partial charge in [-0.15, -0.1) is 5.10 Å². The minimum absolute atomic E-state index is 0.253. The quantitative estimate of drug-likeness (QED) is 0.385. The minimum Gasteiger partial charge on any atom is -0.492 e. The maximum atomic E-state index is 12.1. The normalized spacial score (nSPS) is 11.6. The Labute approximate surface area is 195 Å². The van der Waals surface area contributed by atoms with Gasteiger partial charge in [-0.1, -0.05) is 36.4 Å². The Kier molecular flexibility index (Phi) is 5.42. The largest absolute Gasteiger partial charge is 0.492 e. The second-order valence-corrected chi connectivity index (χ2v) is 9.65. The zero-order valence-electron chi connectivity index (χ0n) is 18.1. The SMILES string of the molecule is CS(=O)(=O)c1cc(-c2nc(NCc3ccccn3)c3c(-c4ccccc4)ccn3n2)cnc1O. The van der Waals surface area contributed by atoms with Crippen molar-refractivity contribution in [3.63, 3.8) is 0 Å². The van der Waals surface area contributed by atoms with E-state index in [-0.39, 0.29) is 10.7 Å². The van der Waals surface area contributed by atoms with Crippen LogP contribution in [0, 0.1) is 0 Å². The summed E-state index contributed by atoms with van der Waals surface area (Å²) in [4.78, 5) is 12.6. The molecule has 10 heteroatoms. The number of hydrogen-bond acceptors (Lipinski definition) is 8. The predicted octanol–water partition coefficient (Wildman–Crippen LogP) is 3.57. The summed E-state index contributed by atoms with van der Waals surface area (Å²) >= 11 is 0. The van der Waals surface area contributed by atoms with Gasteiger partial charge in [0, 0.05) is 36.0 Å². The number of benzene rings is 1. The second-order valence-electron chi connectivity index (χ2n) is 7.67. The highest BCUT2D eigenvalue weighted by atomic mass is 32.2. The third-order valence-electron chi connectivity index (χ3n) is 5.25. The Morgan fingerprint density at radius 2 is 1.79 bits per heavy atom. The molecular weight excluding hydrogens is 452 g/mol. The molecular formula is C24H20N6O3S. The maximum Gasteiger partial charge on any atom is 0.230 e. The number of rotatable bonds is 6. The van der Waals surface area contributed by atoms with E-state index >= 15 is 0 Å². The van der Waals surface area contributed by atoms with Crippen molar-refractivity contribution in [3.8, 4) is 28.4 Å². The number of aromatic hydroxyl groups is 1. The number of hydrogen-bond donors (Lipinski definition) is 2. The third-order valence-corrected chi connectivity index (χ3v) is 6.35. The number of anilines is 1. The van der Waals surface area contributed by atoms with Crippen LogP contribution in [0.3, 0.4) is 0 Å². The molecule has 0 atom stereocenters. The summed E-state index contributed by atoms with van der Waals surface area (Å²) in [6.45, 7) is 0.425. The lowest BCUT2D eigenvalue weighted by Crippen LogP contribution is -2.08. The molecule has 0 aliphatic carbocycles. The average Bonchev–Trinajstić information content (AvgIpc) is 3.27. The van der Waals surface area contributed by atoms with E-state index in [1.54, 1.807) is 10.7 Å². The molecule has 1 aromatic carbocycles. The minimum atomic E-state index is -3.69. The fourth-order valence-corrected chi connectivity index (χ4v) is 4.36. The fraction of sp³-hybridized carbons (Fsp3) is 0.0833. The predicted molar refractivity (Wildman–Crippen MR) is 128 cm³/mol. The molecule has 9 nitrogen and oxygen atoms in total. The molecule has 0 radical (unpaired) electrons. The summed E-state index contributed by atoms with van der Waals surface area (Å²) in [6, 6.07) is 18.8. The van der Waals surface area contributed by atoms with Crippen LogP contribution in [0.25, 0.3) is 28.0 Å². The van der Waals surface area contributed by atoms with Gasteiger partial charge in [-0.05, 0) is 29.8 Å². The van der Waals surface area contributed by atoms with Gasteiger partial charge in [0.15, 0.2) is 21.5 Å². The van der Waals surface area contributed by atoms with Crippen molar-refractivity contribution in [2.24, 2.45) is 0 Å². The molecule has 0 aliphatic rings. The monoisotopic (exact) mass is 472 g/mol. The summed E-state index contributed by atoms with van der Waals surface area (Å²) in [5.74, 6) is 0.241. The Balaban J connectivity index is 1.67. The van der Waals surface area contributed by atoms with Crippen LogP contribution in [-0.2, 0) is 16.4 Å². The van der Waals surface area contributed by atoms with Gasteiger partial charge >= 0.3 is 0 Å². The van der Waals surface area contributed by atoms with Crippen LogP contribution in [0.15, 0.2) is 84.1 Å². The number of nitrogens with zero attached hydrogens (tertiary/aromatic N) is 5. The molecule has 4 aromatic heterocycles. The molecule has 0 fully saturated rings. The first-order valence-electron chi connectivity index (χ1n) is 10.4. The van der Waals surface area contributed by atoms with E-state index in [0.29, 0.717) is 17.9 Å². The van der Waals surface area contributed by atoms with Gasteiger partial charge in [-0.3, -0.25) is 4.98 Å². The molecule has 0 bridgehead atoms. The Bertz CT molecular complexity index is 1590. The molecule has 4 heterocycles. The van der Waals surface area contributed by atoms with E-state index in [4.69, 9.17) is 4.98 Å². The Morgan fingerprint density at radius 1 is 1.00 bits per heavy atom. The molecule has 0 aliphatic heterocycles. The van der Waals surface area contributed by atoms with Crippen LogP contribution < -0.4 is 5.32 Å². The average molecular weight is 473 g/mol. The van der Waals surface area contributed by atoms with Crippen molar-refractivity contribution in [2.75, 3.05) is 11.6 Å². The zero-order chi connectivity index (χ0) is 23.7. The molecule has 5 aromatic rings. The van der Waals surface area contributed by atoms with Crippen molar-refractivity contribution >= 4 is 21.2 Å². The summed E-state index contributed by atoms with van der Waals surface area (Å²) in [6.07, 6.45) is 5.89. The molecule has 5 rings (SSSR count). The van der Waals surface area contributed by atoms with Gasteiger partial charge in [-0.25, -0.2) is 22.9 Å². The van der Waals surface area contributed by atoms with E-state index in [1.807, 2.05) is 60.8 Å². The molecule has 0 unspecified atom stereocenters. The Hall–Kier alpha value is -4.31. The van der Waals surface area contributed by atoms with Gasteiger partial charge in [-0.2, -0.15) is 0 Å². The lowest BCUT2D eigenvalue weighted by atomic mass is 10.1. The van der Waals surface area contributed by atoms with Crippen LogP contribution in [-0.4, -0.2) is 44.3 Å². The highest BCUT2D eigenvalue weighted by molar-refractivity contribution is 7.90. The molecule has 0 spiro atoms. The summed E-state index contributed by atoms with van der Waals surface area (Å²) < 4.78 is 25.8. The topological polar surface area (TPSA) is 122 Å². The smallest absolute Gasteiger partial charge is 0.230 e. The number of sulfone groups is 1. The molecule has 0 saturated carbocycles. The van der Waals surface area contributed by atoms with Crippen LogP contribution >= 0.6 is 0 Å².